The lowest BCUT2D eigenvalue weighted by Gasteiger charge is -2.07. The van der Waals surface area contributed by atoms with Gasteiger partial charge in [0.2, 0.25) is 0 Å². The number of rotatable bonds is 3. The van der Waals surface area contributed by atoms with E-state index in [0.29, 0.717) is 28.5 Å². The molecule has 0 aliphatic rings. The van der Waals surface area contributed by atoms with E-state index in [1.807, 2.05) is 19.3 Å². The lowest BCUT2D eigenvalue weighted by atomic mass is 10.1. The maximum Gasteiger partial charge on any atom is 0.307 e. The van der Waals surface area contributed by atoms with Crippen LogP contribution in [0.4, 0.5) is 0 Å². The van der Waals surface area contributed by atoms with Gasteiger partial charge in [-0.2, -0.15) is 5.10 Å². The van der Waals surface area contributed by atoms with Crippen LogP contribution in [0.3, 0.4) is 0 Å². The summed E-state index contributed by atoms with van der Waals surface area (Å²) in [5.41, 5.74) is 2.73. The summed E-state index contributed by atoms with van der Waals surface area (Å²) in [5.74, 6) is -0.352. The molecule has 2 heterocycles. The van der Waals surface area contributed by atoms with E-state index in [0.717, 1.165) is 0 Å². The molecule has 0 unspecified atom stereocenters. The Morgan fingerprint density at radius 3 is 2.39 bits per heavy atom. The van der Waals surface area contributed by atoms with Gasteiger partial charge in [0.05, 0.1) is 6.42 Å². The van der Waals surface area contributed by atoms with Crippen molar-refractivity contribution in [3.63, 3.8) is 0 Å². The number of nitrogens with zero attached hydrogens (tertiary/aromatic N) is 4. The zero-order chi connectivity index (χ0) is 13.3. The monoisotopic (exact) mass is 246 g/mol. The second-order valence-corrected chi connectivity index (χ2v) is 4.14. The first-order chi connectivity index (χ1) is 8.47. The Balaban J connectivity index is 2.45. The number of carboxylic acid groups (broad SMARTS) is 1. The van der Waals surface area contributed by atoms with Crippen LogP contribution in [0.25, 0.3) is 11.5 Å². The lowest BCUT2D eigenvalue weighted by molar-refractivity contribution is -0.136. The molecule has 2 rings (SSSR count). The fourth-order valence-electron chi connectivity index (χ4n) is 1.80. The van der Waals surface area contributed by atoms with Crippen molar-refractivity contribution in [3.05, 3.63) is 29.2 Å². The average molecular weight is 246 g/mol. The van der Waals surface area contributed by atoms with Crippen molar-refractivity contribution in [3.8, 4) is 11.5 Å². The van der Waals surface area contributed by atoms with Crippen LogP contribution in [0.15, 0.2) is 12.3 Å². The number of hydrogen-bond donors (Lipinski definition) is 1. The zero-order valence-corrected chi connectivity index (χ0v) is 10.5. The third kappa shape index (κ3) is 2.37. The molecule has 1 N–H and O–H groups in total. The van der Waals surface area contributed by atoms with E-state index < -0.39 is 5.97 Å². The number of carboxylic acids is 1. The van der Waals surface area contributed by atoms with Crippen LogP contribution in [0.2, 0.25) is 0 Å². The largest absolute Gasteiger partial charge is 0.481 e. The smallest absolute Gasteiger partial charge is 0.307 e. The van der Waals surface area contributed by atoms with Crippen molar-refractivity contribution in [2.45, 2.75) is 20.3 Å². The number of aryl methyl sites for hydroxylation is 3. The Hall–Kier alpha value is -2.24. The van der Waals surface area contributed by atoms with Gasteiger partial charge in [0.25, 0.3) is 0 Å². The molecule has 6 heteroatoms. The van der Waals surface area contributed by atoms with Gasteiger partial charge in [-0.15, -0.1) is 0 Å². The van der Waals surface area contributed by atoms with Crippen LogP contribution in [-0.2, 0) is 18.3 Å². The molecule has 0 bridgehead atoms. The Labute approximate surface area is 104 Å². The van der Waals surface area contributed by atoms with E-state index in [9.17, 15) is 4.79 Å². The first kappa shape index (κ1) is 12.2. The summed E-state index contributed by atoms with van der Waals surface area (Å²) in [6.45, 7) is 3.58. The summed E-state index contributed by atoms with van der Waals surface area (Å²) in [7, 11) is 1.82. The second-order valence-electron chi connectivity index (χ2n) is 4.14. The molecule has 6 nitrogen and oxygen atoms in total. The highest BCUT2D eigenvalue weighted by Crippen LogP contribution is 2.17. The van der Waals surface area contributed by atoms with E-state index in [1.54, 1.807) is 18.5 Å². The van der Waals surface area contributed by atoms with Gasteiger partial charge < -0.3 is 5.11 Å². The number of carbonyl (C=O) groups is 1. The maximum absolute atomic E-state index is 10.8. The predicted octanol–water partition coefficient (Wildman–Crippen LogP) is 1.12. The molecule has 0 aliphatic heterocycles. The van der Waals surface area contributed by atoms with Crippen molar-refractivity contribution in [2.24, 2.45) is 7.05 Å². The molecule has 0 fully saturated rings. The van der Waals surface area contributed by atoms with Crippen molar-refractivity contribution in [1.29, 1.82) is 0 Å². The Kier molecular flexibility index (Phi) is 3.10. The van der Waals surface area contributed by atoms with Crippen molar-refractivity contribution >= 4 is 5.97 Å². The molecule has 0 atom stereocenters. The SMILES string of the molecule is Cc1nc(-c2ccn(C)n2)nc(C)c1CC(=O)O. The van der Waals surface area contributed by atoms with Gasteiger partial charge in [-0.1, -0.05) is 0 Å². The van der Waals surface area contributed by atoms with Crippen molar-refractivity contribution < 1.29 is 9.90 Å². The van der Waals surface area contributed by atoms with Crippen LogP contribution >= 0.6 is 0 Å². The summed E-state index contributed by atoms with van der Waals surface area (Å²) in [5, 5.41) is 13.1. The van der Waals surface area contributed by atoms with Crippen molar-refractivity contribution in [2.75, 3.05) is 0 Å². The predicted molar refractivity (Wildman–Crippen MR) is 65.0 cm³/mol. The molecule has 0 saturated carbocycles. The van der Waals surface area contributed by atoms with Gasteiger partial charge in [-0.05, 0) is 19.9 Å². The molecular formula is C12H14N4O2. The quantitative estimate of drug-likeness (QED) is 0.877. The summed E-state index contributed by atoms with van der Waals surface area (Å²) in [4.78, 5) is 19.4. The molecule has 2 aromatic heterocycles. The minimum Gasteiger partial charge on any atom is -0.481 e. The third-order valence-corrected chi connectivity index (χ3v) is 2.69. The Morgan fingerprint density at radius 2 is 1.94 bits per heavy atom. The van der Waals surface area contributed by atoms with Gasteiger partial charge in [0, 0.05) is 30.2 Å². The molecular weight excluding hydrogens is 232 g/mol. The Bertz CT molecular complexity index is 581. The summed E-state index contributed by atoms with van der Waals surface area (Å²) in [6, 6.07) is 1.82. The minimum atomic E-state index is -0.879. The highest BCUT2D eigenvalue weighted by Gasteiger charge is 2.13. The van der Waals surface area contributed by atoms with Crippen LogP contribution < -0.4 is 0 Å². The van der Waals surface area contributed by atoms with E-state index in [2.05, 4.69) is 15.1 Å². The molecule has 0 amide bonds. The molecule has 0 aliphatic carbocycles. The van der Waals surface area contributed by atoms with Crippen molar-refractivity contribution in [1.82, 2.24) is 19.7 Å². The van der Waals surface area contributed by atoms with Gasteiger partial charge in [0.1, 0.15) is 5.69 Å². The first-order valence-corrected chi connectivity index (χ1v) is 5.53. The third-order valence-electron chi connectivity index (χ3n) is 2.69. The molecule has 94 valence electrons. The molecule has 0 radical (unpaired) electrons. The lowest BCUT2D eigenvalue weighted by Crippen LogP contribution is -2.08. The van der Waals surface area contributed by atoms with E-state index in [-0.39, 0.29) is 6.42 Å². The first-order valence-electron chi connectivity index (χ1n) is 5.53. The van der Waals surface area contributed by atoms with Crippen LogP contribution in [-0.4, -0.2) is 30.8 Å². The summed E-state index contributed by atoms with van der Waals surface area (Å²) < 4.78 is 1.68. The van der Waals surface area contributed by atoms with E-state index >= 15 is 0 Å². The molecule has 0 aromatic carbocycles. The minimum absolute atomic E-state index is 0.0554. The van der Waals surface area contributed by atoms with E-state index in [1.165, 1.54) is 0 Å². The number of aliphatic carboxylic acids is 1. The number of hydrogen-bond acceptors (Lipinski definition) is 4. The molecule has 2 aromatic rings. The number of aromatic nitrogens is 4. The van der Waals surface area contributed by atoms with Gasteiger partial charge in [-0.3, -0.25) is 9.48 Å². The normalized spacial score (nSPS) is 10.6. The highest BCUT2D eigenvalue weighted by molar-refractivity contribution is 5.71. The van der Waals surface area contributed by atoms with Crippen LogP contribution in [0, 0.1) is 13.8 Å². The second kappa shape index (κ2) is 4.56. The van der Waals surface area contributed by atoms with Gasteiger partial charge in [-0.25, -0.2) is 9.97 Å². The molecule has 0 saturated heterocycles. The molecule has 0 spiro atoms. The fraction of sp³-hybridized carbons (Fsp3) is 0.333. The van der Waals surface area contributed by atoms with Crippen LogP contribution in [0.5, 0.6) is 0 Å². The zero-order valence-electron chi connectivity index (χ0n) is 10.5. The fourth-order valence-corrected chi connectivity index (χ4v) is 1.80. The average Bonchev–Trinajstić information content (AvgIpc) is 2.70. The topological polar surface area (TPSA) is 80.9 Å². The summed E-state index contributed by atoms with van der Waals surface area (Å²) in [6.07, 6.45) is 1.76. The van der Waals surface area contributed by atoms with E-state index in [4.69, 9.17) is 5.11 Å². The molecule has 18 heavy (non-hydrogen) atoms. The summed E-state index contributed by atoms with van der Waals surface area (Å²) >= 11 is 0. The van der Waals surface area contributed by atoms with Gasteiger partial charge in [0.15, 0.2) is 5.82 Å². The van der Waals surface area contributed by atoms with Crippen LogP contribution in [0.1, 0.15) is 17.0 Å². The maximum atomic E-state index is 10.8. The standard InChI is InChI=1S/C12H14N4O2/c1-7-9(6-11(17)18)8(2)14-12(13-7)10-4-5-16(3)15-10/h4-5H,6H2,1-3H3,(H,17,18). The highest BCUT2D eigenvalue weighted by atomic mass is 16.4. The Morgan fingerprint density at radius 1 is 1.33 bits per heavy atom. The van der Waals surface area contributed by atoms with Gasteiger partial charge >= 0.3 is 5.97 Å².